The maximum Gasteiger partial charge on any atom is 0.225 e. The Bertz CT molecular complexity index is 623. The van der Waals surface area contributed by atoms with E-state index in [9.17, 15) is 4.39 Å². The van der Waals surface area contributed by atoms with Crippen molar-refractivity contribution in [2.75, 3.05) is 23.3 Å². The van der Waals surface area contributed by atoms with Crippen LogP contribution in [0.4, 0.5) is 16.2 Å². The summed E-state index contributed by atoms with van der Waals surface area (Å²) >= 11 is 0. The molecule has 22 heavy (non-hydrogen) atoms. The van der Waals surface area contributed by atoms with E-state index in [0.29, 0.717) is 18.3 Å². The van der Waals surface area contributed by atoms with E-state index >= 15 is 0 Å². The average Bonchev–Trinajstić information content (AvgIpc) is 3.09. The maximum absolute atomic E-state index is 13.9. The molecule has 0 amide bonds. The lowest BCUT2D eigenvalue weighted by Crippen LogP contribution is -2.21. The Balaban J connectivity index is 1.68. The van der Waals surface area contributed by atoms with Crippen molar-refractivity contribution >= 4 is 11.8 Å². The Morgan fingerprint density at radius 1 is 1.18 bits per heavy atom. The number of pyridine rings is 1. The summed E-state index contributed by atoms with van der Waals surface area (Å²) in [6, 6.07) is 4.04. The van der Waals surface area contributed by atoms with Crippen molar-refractivity contribution in [3.63, 3.8) is 0 Å². The first-order chi connectivity index (χ1) is 10.8. The SMILES string of the molecule is CCc1ccc(CNc2ncc(F)c(N3CCCC3)n2)nc1. The summed E-state index contributed by atoms with van der Waals surface area (Å²) < 4.78 is 13.9. The van der Waals surface area contributed by atoms with Gasteiger partial charge in [-0.15, -0.1) is 0 Å². The zero-order valence-electron chi connectivity index (χ0n) is 12.7. The molecule has 3 heterocycles. The lowest BCUT2D eigenvalue weighted by Gasteiger charge is -2.17. The molecule has 0 bridgehead atoms. The van der Waals surface area contributed by atoms with Crippen molar-refractivity contribution in [2.24, 2.45) is 0 Å². The monoisotopic (exact) mass is 301 g/mol. The van der Waals surface area contributed by atoms with E-state index in [2.05, 4.69) is 33.3 Å². The Morgan fingerprint density at radius 3 is 2.68 bits per heavy atom. The summed E-state index contributed by atoms with van der Waals surface area (Å²) in [6.45, 7) is 4.33. The highest BCUT2D eigenvalue weighted by atomic mass is 19.1. The fourth-order valence-electron chi connectivity index (χ4n) is 2.53. The van der Waals surface area contributed by atoms with Crippen LogP contribution in [0.2, 0.25) is 0 Å². The largest absolute Gasteiger partial charge is 0.354 e. The van der Waals surface area contributed by atoms with Crippen LogP contribution in [0.25, 0.3) is 0 Å². The Labute approximate surface area is 129 Å². The topological polar surface area (TPSA) is 53.9 Å². The lowest BCUT2D eigenvalue weighted by atomic mass is 10.2. The van der Waals surface area contributed by atoms with Gasteiger partial charge in [-0.2, -0.15) is 4.98 Å². The number of aromatic nitrogens is 3. The quantitative estimate of drug-likeness (QED) is 0.920. The molecule has 1 aliphatic heterocycles. The average molecular weight is 301 g/mol. The molecule has 1 fully saturated rings. The third-order valence-corrected chi connectivity index (χ3v) is 3.85. The first kappa shape index (κ1) is 14.7. The van der Waals surface area contributed by atoms with E-state index in [0.717, 1.165) is 38.0 Å². The molecule has 6 heteroatoms. The van der Waals surface area contributed by atoms with Gasteiger partial charge in [0.2, 0.25) is 5.95 Å². The molecule has 0 unspecified atom stereocenters. The van der Waals surface area contributed by atoms with Crippen LogP contribution in [0, 0.1) is 5.82 Å². The number of halogens is 1. The normalized spacial score (nSPS) is 14.4. The number of rotatable bonds is 5. The van der Waals surface area contributed by atoms with Gasteiger partial charge in [0.05, 0.1) is 18.4 Å². The number of anilines is 2. The van der Waals surface area contributed by atoms with Crippen LogP contribution in [0.5, 0.6) is 0 Å². The number of hydrogen-bond donors (Lipinski definition) is 1. The van der Waals surface area contributed by atoms with Gasteiger partial charge in [-0.25, -0.2) is 9.37 Å². The minimum atomic E-state index is -0.363. The van der Waals surface area contributed by atoms with Crippen LogP contribution in [0.15, 0.2) is 24.5 Å². The number of aryl methyl sites for hydroxylation is 1. The standard InChI is InChI=1S/C16H20FN5/c1-2-12-5-6-13(18-9-12)10-19-16-20-11-14(17)15(21-16)22-7-3-4-8-22/h5-6,9,11H,2-4,7-8,10H2,1H3,(H,19,20,21). The predicted molar refractivity (Wildman–Crippen MR) is 84.4 cm³/mol. The molecule has 0 spiro atoms. The van der Waals surface area contributed by atoms with Gasteiger partial charge in [-0.3, -0.25) is 4.98 Å². The number of nitrogens with one attached hydrogen (secondary N) is 1. The molecule has 2 aromatic rings. The van der Waals surface area contributed by atoms with E-state index in [4.69, 9.17) is 0 Å². The van der Waals surface area contributed by atoms with Crippen molar-refractivity contribution < 1.29 is 4.39 Å². The minimum absolute atomic E-state index is 0.363. The van der Waals surface area contributed by atoms with Crippen LogP contribution in [0.3, 0.4) is 0 Å². The molecular weight excluding hydrogens is 281 g/mol. The summed E-state index contributed by atoms with van der Waals surface area (Å²) in [4.78, 5) is 14.7. The van der Waals surface area contributed by atoms with Crippen molar-refractivity contribution in [1.82, 2.24) is 15.0 Å². The fraction of sp³-hybridized carbons (Fsp3) is 0.438. The van der Waals surface area contributed by atoms with Crippen LogP contribution in [-0.2, 0) is 13.0 Å². The highest BCUT2D eigenvalue weighted by Crippen LogP contribution is 2.21. The molecule has 0 aromatic carbocycles. The van der Waals surface area contributed by atoms with Gasteiger partial charge in [-0.05, 0) is 30.9 Å². The molecule has 0 saturated carbocycles. The first-order valence-electron chi connectivity index (χ1n) is 7.71. The van der Waals surface area contributed by atoms with Crippen LogP contribution >= 0.6 is 0 Å². The van der Waals surface area contributed by atoms with Crippen molar-refractivity contribution in [3.05, 3.63) is 41.6 Å². The van der Waals surface area contributed by atoms with E-state index in [1.807, 2.05) is 17.2 Å². The molecule has 2 aromatic heterocycles. The van der Waals surface area contributed by atoms with Crippen LogP contribution in [0.1, 0.15) is 31.0 Å². The Kier molecular flexibility index (Phi) is 4.46. The van der Waals surface area contributed by atoms with Crippen LogP contribution in [-0.4, -0.2) is 28.0 Å². The van der Waals surface area contributed by atoms with E-state index in [-0.39, 0.29) is 5.82 Å². The summed E-state index contributed by atoms with van der Waals surface area (Å²) in [5.74, 6) is 0.465. The third kappa shape index (κ3) is 3.32. The number of nitrogens with zero attached hydrogens (tertiary/aromatic N) is 4. The zero-order chi connectivity index (χ0) is 15.4. The van der Waals surface area contributed by atoms with Gasteiger partial charge < -0.3 is 10.2 Å². The molecule has 0 radical (unpaired) electrons. The van der Waals surface area contributed by atoms with Gasteiger partial charge in [0.1, 0.15) is 0 Å². The molecular formula is C16H20FN5. The smallest absolute Gasteiger partial charge is 0.225 e. The summed E-state index contributed by atoms with van der Waals surface area (Å²) in [5.41, 5.74) is 2.12. The summed E-state index contributed by atoms with van der Waals surface area (Å²) in [6.07, 6.45) is 6.25. The van der Waals surface area contributed by atoms with Gasteiger partial charge in [-0.1, -0.05) is 13.0 Å². The van der Waals surface area contributed by atoms with Gasteiger partial charge in [0.25, 0.3) is 0 Å². The second kappa shape index (κ2) is 6.68. The highest BCUT2D eigenvalue weighted by Gasteiger charge is 2.18. The Morgan fingerprint density at radius 2 is 2.00 bits per heavy atom. The zero-order valence-corrected chi connectivity index (χ0v) is 12.7. The molecule has 3 rings (SSSR count). The molecule has 1 aliphatic rings. The van der Waals surface area contributed by atoms with E-state index in [1.54, 1.807) is 0 Å². The van der Waals surface area contributed by atoms with Crippen molar-refractivity contribution in [3.8, 4) is 0 Å². The van der Waals surface area contributed by atoms with Crippen LogP contribution < -0.4 is 10.2 Å². The summed E-state index contributed by atoms with van der Waals surface area (Å²) in [5, 5.41) is 3.11. The van der Waals surface area contributed by atoms with E-state index in [1.165, 1.54) is 11.8 Å². The van der Waals surface area contributed by atoms with Gasteiger partial charge >= 0.3 is 0 Å². The second-order valence-corrected chi connectivity index (χ2v) is 5.42. The van der Waals surface area contributed by atoms with E-state index < -0.39 is 0 Å². The molecule has 0 atom stereocenters. The highest BCUT2D eigenvalue weighted by molar-refractivity contribution is 5.44. The minimum Gasteiger partial charge on any atom is -0.354 e. The summed E-state index contributed by atoms with van der Waals surface area (Å²) in [7, 11) is 0. The first-order valence-corrected chi connectivity index (χ1v) is 7.71. The van der Waals surface area contributed by atoms with Crippen molar-refractivity contribution in [1.29, 1.82) is 0 Å². The van der Waals surface area contributed by atoms with Gasteiger partial charge in [0.15, 0.2) is 11.6 Å². The predicted octanol–water partition coefficient (Wildman–Crippen LogP) is 2.79. The number of hydrogen-bond acceptors (Lipinski definition) is 5. The molecule has 0 aliphatic carbocycles. The lowest BCUT2D eigenvalue weighted by molar-refractivity contribution is 0.608. The van der Waals surface area contributed by atoms with Gasteiger partial charge in [0, 0.05) is 19.3 Å². The molecule has 5 nitrogen and oxygen atoms in total. The van der Waals surface area contributed by atoms with Crippen molar-refractivity contribution in [2.45, 2.75) is 32.7 Å². The maximum atomic E-state index is 13.9. The third-order valence-electron chi connectivity index (χ3n) is 3.85. The molecule has 116 valence electrons. The molecule has 1 N–H and O–H groups in total. The fourth-order valence-corrected chi connectivity index (χ4v) is 2.53. The second-order valence-electron chi connectivity index (χ2n) is 5.42. The molecule has 1 saturated heterocycles. The Hall–Kier alpha value is -2.24.